The maximum Gasteiger partial charge on any atom is 0.0798 e. The molecule has 0 saturated heterocycles. The third-order valence-corrected chi connectivity index (χ3v) is 12.5. The Hall–Kier alpha value is -3.73. The average Bonchev–Trinajstić information content (AvgIpc) is 3.77. The van der Waals surface area contributed by atoms with Crippen molar-refractivity contribution in [2.24, 2.45) is 5.92 Å². The fourth-order valence-electron chi connectivity index (χ4n) is 6.88. The molecule has 0 unspecified atom stereocenters. The van der Waals surface area contributed by atoms with Gasteiger partial charge in [-0.1, -0.05) is 134 Å². The first-order valence-electron chi connectivity index (χ1n) is 16.7. The van der Waals surface area contributed by atoms with Crippen molar-refractivity contribution >= 4 is 44.8 Å². The van der Waals surface area contributed by atoms with E-state index in [0.29, 0.717) is 0 Å². The molecule has 0 aliphatic heterocycles. The predicted molar refractivity (Wildman–Crippen MR) is 204 cm³/mol. The molecular weight excluding hydrogens is 797 g/mol. The Morgan fingerprint density at radius 1 is 0.792 bits per heavy atom. The van der Waals surface area contributed by atoms with Crippen LogP contribution in [0.3, 0.4) is 0 Å². The van der Waals surface area contributed by atoms with E-state index in [-0.39, 0.29) is 20.1 Å². The predicted octanol–water partition coefficient (Wildman–Crippen LogP) is 11.4. The first-order chi connectivity index (χ1) is 23.0. The summed E-state index contributed by atoms with van der Waals surface area (Å²) in [6, 6.07) is 44.6. The van der Waals surface area contributed by atoms with E-state index in [1.807, 2.05) is 41.8 Å². The fourth-order valence-corrected chi connectivity index (χ4v) is 9.71. The molecule has 0 spiro atoms. The van der Waals surface area contributed by atoms with Crippen molar-refractivity contribution in [2.45, 2.75) is 51.7 Å². The van der Waals surface area contributed by atoms with Gasteiger partial charge in [-0.3, -0.25) is 0 Å². The van der Waals surface area contributed by atoms with Crippen LogP contribution in [-0.4, -0.2) is 18.0 Å². The van der Waals surface area contributed by atoms with Crippen molar-refractivity contribution in [3.8, 4) is 33.6 Å². The van der Waals surface area contributed by atoms with E-state index in [9.17, 15) is 0 Å². The van der Waals surface area contributed by atoms with Crippen LogP contribution in [0.2, 0.25) is 19.6 Å². The Morgan fingerprint density at radius 2 is 1.54 bits per heavy atom. The molecule has 7 aromatic rings. The van der Waals surface area contributed by atoms with Gasteiger partial charge in [0.2, 0.25) is 0 Å². The summed E-state index contributed by atoms with van der Waals surface area (Å²) in [7, 11) is -1.35. The summed E-state index contributed by atoms with van der Waals surface area (Å²) in [5.74, 6) is 0.880. The molecule has 1 fully saturated rings. The van der Waals surface area contributed by atoms with Gasteiger partial charge in [0.25, 0.3) is 0 Å². The van der Waals surface area contributed by atoms with Crippen LogP contribution in [-0.2, 0) is 26.5 Å². The topological polar surface area (TPSA) is 25.8 Å². The van der Waals surface area contributed by atoms with E-state index >= 15 is 0 Å². The quantitative estimate of drug-likeness (QED) is 0.123. The molecule has 1 aliphatic rings. The Balaban J connectivity index is 0.000000165. The van der Waals surface area contributed by atoms with E-state index in [2.05, 4.69) is 128 Å². The second kappa shape index (κ2) is 15.2. The zero-order valence-corrected chi connectivity index (χ0v) is 32.0. The number of hydrogen-bond acceptors (Lipinski definition) is 3. The molecular formula is C43H40IrN2SSi-2. The van der Waals surface area contributed by atoms with E-state index in [1.54, 1.807) is 10.8 Å². The zero-order valence-electron chi connectivity index (χ0n) is 27.8. The van der Waals surface area contributed by atoms with Crippen molar-refractivity contribution < 1.29 is 20.1 Å². The molecule has 8 rings (SSSR count). The maximum atomic E-state index is 4.75. The monoisotopic (exact) mass is 837 g/mol. The van der Waals surface area contributed by atoms with Gasteiger partial charge in [0.1, 0.15) is 0 Å². The summed E-state index contributed by atoms with van der Waals surface area (Å²) in [6.07, 6.45) is 10.9. The number of pyridine rings is 2. The van der Waals surface area contributed by atoms with Crippen molar-refractivity contribution in [3.05, 3.63) is 139 Å². The van der Waals surface area contributed by atoms with Gasteiger partial charge in [-0.25, -0.2) is 0 Å². The number of hydrogen-bond donors (Lipinski definition) is 0. The molecule has 3 aromatic heterocycles. The average molecular weight is 837 g/mol. The molecule has 4 aromatic carbocycles. The SMILES string of the molecule is C[Si](C)(C)c1cnc(-c2[c-]cccc2)cc1CC1CCCC1.[Ir].[c-]1cc(-c2ccccc2)c2c(sc3ccccc32)c1-c1ccccn1. The molecule has 0 atom stereocenters. The minimum Gasteiger partial charge on any atom is -0.305 e. The van der Waals surface area contributed by atoms with E-state index < -0.39 is 8.07 Å². The molecule has 2 nitrogen and oxygen atoms in total. The van der Waals surface area contributed by atoms with Gasteiger partial charge >= 0.3 is 0 Å². The van der Waals surface area contributed by atoms with Gasteiger partial charge in [0.05, 0.1) is 8.07 Å². The van der Waals surface area contributed by atoms with Crippen molar-refractivity contribution in [1.29, 1.82) is 0 Å². The normalized spacial score (nSPS) is 13.2. The standard InChI is InChI=1S/C23H14NS.C20H26NSi.Ir/c1-2-8-16(9-3-1)17-13-14-18(20-11-6-7-15-24-20)23-22(17)19-10-4-5-12-21(19)25-23;1-22(2,3)20-15-21-19(17-11-5-4-6-12-17)14-18(20)13-16-9-7-8-10-16;/h1-13,15H;4-6,11,14-16H,7-10,13H2,1-3H3;/q2*-1;. The molecule has 1 radical (unpaired) electrons. The molecule has 243 valence electrons. The van der Waals surface area contributed by atoms with Crippen LogP contribution in [0.1, 0.15) is 31.2 Å². The van der Waals surface area contributed by atoms with Crippen LogP contribution in [0, 0.1) is 18.1 Å². The van der Waals surface area contributed by atoms with Gasteiger partial charge in [-0.2, -0.15) is 11.3 Å². The zero-order chi connectivity index (χ0) is 32.2. The largest absolute Gasteiger partial charge is 0.305 e. The first-order valence-corrected chi connectivity index (χ1v) is 21.1. The number of thiophene rings is 1. The second-order valence-electron chi connectivity index (χ2n) is 13.6. The van der Waals surface area contributed by atoms with E-state index in [1.165, 1.54) is 63.4 Å². The molecule has 48 heavy (non-hydrogen) atoms. The third-order valence-electron chi connectivity index (χ3n) is 9.22. The van der Waals surface area contributed by atoms with Crippen LogP contribution < -0.4 is 5.19 Å². The Labute approximate surface area is 303 Å². The van der Waals surface area contributed by atoms with E-state index in [4.69, 9.17) is 4.98 Å². The Morgan fingerprint density at radius 3 is 2.27 bits per heavy atom. The summed E-state index contributed by atoms with van der Waals surface area (Å²) >= 11 is 1.82. The maximum absolute atomic E-state index is 4.75. The van der Waals surface area contributed by atoms with Crippen LogP contribution in [0.4, 0.5) is 0 Å². The molecule has 3 heterocycles. The molecule has 5 heteroatoms. The van der Waals surface area contributed by atoms with Crippen LogP contribution >= 0.6 is 11.3 Å². The van der Waals surface area contributed by atoms with Crippen LogP contribution in [0.5, 0.6) is 0 Å². The molecule has 1 saturated carbocycles. The van der Waals surface area contributed by atoms with Gasteiger partial charge in [-0.15, -0.1) is 53.6 Å². The Kier molecular flexibility index (Phi) is 10.8. The summed E-state index contributed by atoms with van der Waals surface area (Å²) < 4.78 is 2.55. The molecule has 1 aliphatic carbocycles. The summed E-state index contributed by atoms with van der Waals surface area (Å²) in [5, 5.41) is 4.14. The first kappa shape index (κ1) is 34.1. The third kappa shape index (κ3) is 7.45. The summed E-state index contributed by atoms with van der Waals surface area (Å²) in [4.78, 5) is 9.30. The molecule has 0 amide bonds. The number of rotatable bonds is 6. The minimum absolute atomic E-state index is 0. The fraction of sp³-hybridized carbons (Fsp3) is 0.209. The Bertz CT molecular complexity index is 2100. The van der Waals surface area contributed by atoms with Crippen LogP contribution in [0.15, 0.2) is 122 Å². The minimum atomic E-state index is -1.35. The van der Waals surface area contributed by atoms with Gasteiger partial charge in [-0.05, 0) is 51.1 Å². The number of fused-ring (bicyclic) bond motifs is 3. The van der Waals surface area contributed by atoms with Gasteiger partial charge in [0, 0.05) is 37.2 Å². The smallest absolute Gasteiger partial charge is 0.0798 e. The second-order valence-corrected chi connectivity index (χ2v) is 19.7. The summed E-state index contributed by atoms with van der Waals surface area (Å²) in [6.45, 7) is 7.28. The van der Waals surface area contributed by atoms with E-state index in [0.717, 1.165) is 28.4 Å². The van der Waals surface area contributed by atoms with Gasteiger partial charge < -0.3 is 9.97 Å². The van der Waals surface area contributed by atoms with Gasteiger partial charge in [0.15, 0.2) is 0 Å². The molecule has 0 bridgehead atoms. The van der Waals surface area contributed by atoms with Crippen molar-refractivity contribution in [3.63, 3.8) is 0 Å². The number of nitrogens with zero attached hydrogens (tertiary/aromatic N) is 2. The molecule has 0 N–H and O–H groups in total. The van der Waals surface area contributed by atoms with Crippen LogP contribution in [0.25, 0.3) is 53.8 Å². The number of benzene rings is 4. The number of aromatic nitrogens is 2. The van der Waals surface area contributed by atoms with Crippen molar-refractivity contribution in [2.75, 3.05) is 0 Å². The summed E-state index contributed by atoms with van der Waals surface area (Å²) in [5.41, 5.74) is 8.24. The van der Waals surface area contributed by atoms with Crippen molar-refractivity contribution in [1.82, 2.24) is 9.97 Å².